The van der Waals surface area contributed by atoms with E-state index in [1.54, 1.807) is 19.1 Å². The normalized spacial score (nSPS) is 10.8. The quantitative estimate of drug-likeness (QED) is 0.386. The molecule has 33 heavy (non-hydrogen) atoms. The summed E-state index contributed by atoms with van der Waals surface area (Å²) in [4.78, 5) is 25.4. The largest absolute Gasteiger partial charge is 0.474 e. The van der Waals surface area contributed by atoms with Gasteiger partial charge in [0.25, 0.3) is 5.91 Å². The summed E-state index contributed by atoms with van der Waals surface area (Å²) in [5, 5.41) is 15.9. The molecule has 0 aliphatic rings. The van der Waals surface area contributed by atoms with Crippen molar-refractivity contribution < 1.29 is 23.6 Å². The molecular formula is C22H19FN6O4. The van der Waals surface area contributed by atoms with E-state index in [-0.39, 0.29) is 47.7 Å². The number of ether oxygens (including phenoxy) is 1. The van der Waals surface area contributed by atoms with Crippen molar-refractivity contribution in [3.63, 3.8) is 0 Å². The summed E-state index contributed by atoms with van der Waals surface area (Å²) in [5.74, 6) is -0.432. The molecule has 3 aromatic heterocycles. The first-order valence-electron chi connectivity index (χ1n) is 9.82. The molecule has 3 heterocycles. The van der Waals surface area contributed by atoms with Crippen LogP contribution in [0.25, 0.3) is 22.5 Å². The highest BCUT2D eigenvalue weighted by atomic mass is 19.1. The molecule has 4 rings (SSSR count). The van der Waals surface area contributed by atoms with Crippen molar-refractivity contribution in [2.24, 2.45) is 0 Å². The lowest BCUT2D eigenvalue weighted by Gasteiger charge is -2.13. The molecule has 0 saturated carbocycles. The first-order valence-corrected chi connectivity index (χ1v) is 9.82. The lowest BCUT2D eigenvalue weighted by molar-refractivity contribution is 0.102. The van der Waals surface area contributed by atoms with Gasteiger partial charge in [-0.3, -0.25) is 4.79 Å². The van der Waals surface area contributed by atoms with Gasteiger partial charge in [0.05, 0.1) is 12.3 Å². The number of nitrogens with two attached hydrogens (primary N) is 1. The predicted octanol–water partition coefficient (Wildman–Crippen LogP) is 2.85. The third-order valence-corrected chi connectivity index (χ3v) is 4.61. The smallest absolute Gasteiger partial charge is 0.261 e. The van der Waals surface area contributed by atoms with Crippen LogP contribution in [0.2, 0.25) is 0 Å². The molecule has 0 aliphatic carbocycles. The van der Waals surface area contributed by atoms with Gasteiger partial charge in [0, 0.05) is 23.5 Å². The Balaban J connectivity index is 1.66. The molecular weight excluding hydrogens is 431 g/mol. The van der Waals surface area contributed by atoms with Crippen LogP contribution < -0.4 is 15.8 Å². The Morgan fingerprint density at radius 1 is 1.15 bits per heavy atom. The molecule has 11 heteroatoms. The first kappa shape index (κ1) is 21.8. The zero-order chi connectivity index (χ0) is 23.4. The lowest BCUT2D eigenvalue weighted by Crippen LogP contribution is -2.15. The van der Waals surface area contributed by atoms with Crippen LogP contribution in [0.4, 0.5) is 16.0 Å². The number of amides is 1. The van der Waals surface area contributed by atoms with Crippen molar-refractivity contribution in [3.8, 4) is 28.4 Å². The van der Waals surface area contributed by atoms with Crippen molar-refractivity contribution >= 4 is 17.5 Å². The van der Waals surface area contributed by atoms with Crippen molar-refractivity contribution in [2.45, 2.75) is 6.92 Å². The number of benzene rings is 1. The number of aliphatic hydroxyl groups excluding tert-OH is 1. The minimum absolute atomic E-state index is 0.0370. The molecule has 0 aliphatic heterocycles. The number of nitrogens with zero attached hydrogens (tertiary/aromatic N) is 4. The van der Waals surface area contributed by atoms with Gasteiger partial charge in [-0.05, 0) is 43.3 Å². The van der Waals surface area contributed by atoms with Crippen LogP contribution in [0.1, 0.15) is 16.1 Å². The Bertz CT molecular complexity index is 1280. The van der Waals surface area contributed by atoms with Crippen LogP contribution in [0, 0.1) is 12.7 Å². The van der Waals surface area contributed by atoms with Crippen LogP contribution in [-0.2, 0) is 0 Å². The van der Waals surface area contributed by atoms with Crippen LogP contribution in [0.5, 0.6) is 5.88 Å². The fourth-order valence-corrected chi connectivity index (χ4v) is 3.05. The van der Waals surface area contributed by atoms with Crippen molar-refractivity contribution in [1.82, 2.24) is 20.1 Å². The molecule has 4 N–H and O–H groups in total. The fourth-order valence-electron chi connectivity index (χ4n) is 3.05. The van der Waals surface area contributed by atoms with E-state index in [2.05, 4.69) is 25.4 Å². The Morgan fingerprint density at radius 3 is 2.58 bits per heavy atom. The second-order valence-corrected chi connectivity index (χ2v) is 6.87. The molecule has 10 nitrogen and oxygen atoms in total. The maximum Gasteiger partial charge on any atom is 0.261 e. The summed E-state index contributed by atoms with van der Waals surface area (Å²) in [6.07, 6.45) is 3.02. The fraction of sp³-hybridized carbons (Fsp3) is 0.136. The molecule has 0 bridgehead atoms. The molecule has 1 aromatic carbocycles. The molecule has 0 saturated heterocycles. The van der Waals surface area contributed by atoms with Crippen molar-refractivity contribution in [3.05, 3.63) is 65.9 Å². The number of halogens is 1. The zero-order valence-electron chi connectivity index (χ0n) is 17.4. The average Bonchev–Trinajstić information content (AvgIpc) is 3.21. The zero-order valence-corrected chi connectivity index (χ0v) is 17.4. The number of rotatable bonds is 7. The maximum absolute atomic E-state index is 13.3. The molecule has 0 fully saturated rings. The third-order valence-electron chi connectivity index (χ3n) is 4.61. The van der Waals surface area contributed by atoms with E-state index in [0.29, 0.717) is 16.8 Å². The summed E-state index contributed by atoms with van der Waals surface area (Å²) in [5.41, 5.74) is 7.83. The number of hydrogen-bond acceptors (Lipinski definition) is 9. The summed E-state index contributed by atoms with van der Waals surface area (Å²) in [7, 11) is 0. The number of anilines is 2. The van der Waals surface area contributed by atoms with Crippen LogP contribution >= 0.6 is 0 Å². The maximum atomic E-state index is 13.3. The predicted molar refractivity (Wildman–Crippen MR) is 117 cm³/mol. The second kappa shape index (κ2) is 9.40. The summed E-state index contributed by atoms with van der Waals surface area (Å²) < 4.78 is 24.0. The topological polar surface area (TPSA) is 149 Å². The Hall–Kier alpha value is -4.38. The van der Waals surface area contributed by atoms with Gasteiger partial charge in [-0.2, -0.15) is 0 Å². The Labute approximate surface area is 187 Å². The van der Waals surface area contributed by atoms with E-state index in [1.807, 2.05) is 0 Å². The Kier molecular flexibility index (Phi) is 6.22. The molecule has 0 atom stereocenters. The molecule has 0 radical (unpaired) electrons. The van der Waals surface area contributed by atoms with Gasteiger partial charge in [-0.1, -0.05) is 5.16 Å². The van der Waals surface area contributed by atoms with E-state index in [0.717, 1.165) is 0 Å². The number of nitrogens with one attached hydrogen (secondary N) is 1. The minimum Gasteiger partial charge on any atom is -0.474 e. The van der Waals surface area contributed by atoms with Crippen LogP contribution in [-0.4, -0.2) is 44.3 Å². The summed E-state index contributed by atoms with van der Waals surface area (Å²) in [6, 6.07) is 8.80. The Morgan fingerprint density at radius 2 is 1.88 bits per heavy atom. The number of pyridine rings is 1. The standard InChI is InChI=1S/C22H19FN6O4/c1-12-18(19(29-33-12)13-2-4-15(23)5-3-13)20(31)27-17-7-6-16(28-21(17)32-9-8-30)14-10-25-22(24)26-11-14/h2-7,10-11,30H,8-9H2,1H3,(H,27,31)(H2,24,25,26). The van der Waals surface area contributed by atoms with Gasteiger partial charge in [0.1, 0.15) is 35.1 Å². The van der Waals surface area contributed by atoms with Crippen LogP contribution in [0.15, 0.2) is 53.3 Å². The summed E-state index contributed by atoms with van der Waals surface area (Å²) in [6.45, 7) is 1.31. The number of nitrogen functional groups attached to an aromatic ring is 1. The van der Waals surface area contributed by atoms with Gasteiger partial charge >= 0.3 is 0 Å². The summed E-state index contributed by atoms with van der Waals surface area (Å²) >= 11 is 0. The van der Waals surface area contributed by atoms with E-state index >= 15 is 0 Å². The highest BCUT2D eigenvalue weighted by molar-refractivity contribution is 6.09. The van der Waals surface area contributed by atoms with Gasteiger partial charge in [0.2, 0.25) is 11.8 Å². The van der Waals surface area contributed by atoms with E-state index in [4.69, 9.17) is 20.1 Å². The number of carbonyl (C=O) groups is 1. The van der Waals surface area contributed by atoms with E-state index in [9.17, 15) is 9.18 Å². The highest BCUT2D eigenvalue weighted by Crippen LogP contribution is 2.30. The third kappa shape index (κ3) is 4.77. The second-order valence-electron chi connectivity index (χ2n) is 6.87. The van der Waals surface area contributed by atoms with E-state index < -0.39 is 11.7 Å². The number of aliphatic hydroxyl groups is 1. The SMILES string of the molecule is Cc1onc(-c2ccc(F)cc2)c1C(=O)Nc1ccc(-c2cnc(N)nc2)nc1OCCO. The number of carbonyl (C=O) groups excluding carboxylic acids is 1. The van der Waals surface area contributed by atoms with Gasteiger partial charge in [-0.15, -0.1) is 0 Å². The van der Waals surface area contributed by atoms with Gasteiger partial charge < -0.3 is 25.4 Å². The number of aromatic nitrogens is 4. The monoisotopic (exact) mass is 450 g/mol. The number of hydrogen-bond donors (Lipinski definition) is 3. The average molecular weight is 450 g/mol. The lowest BCUT2D eigenvalue weighted by atomic mass is 10.1. The molecule has 4 aromatic rings. The molecule has 0 spiro atoms. The van der Waals surface area contributed by atoms with Crippen molar-refractivity contribution in [2.75, 3.05) is 24.3 Å². The van der Waals surface area contributed by atoms with Gasteiger partial charge in [-0.25, -0.2) is 19.3 Å². The van der Waals surface area contributed by atoms with Crippen molar-refractivity contribution in [1.29, 1.82) is 0 Å². The van der Waals surface area contributed by atoms with E-state index in [1.165, 1.54) is 36.7 Å². The first-order chi connectivity index (χ1) is 16.0. The highest BCUT2D eigenvalue weighted by Gasteiger charge is 2.23. The molecule has 0 unspecified atom stereocenters. The molecule has 168 valence electrons. The number of aryl methyl sites for hydroxylation is 1. The van der Waals surface area contributed by atoms with Crippen LogP contribution in [0.3, 0.4) is 0 Å². The molecule has 1 amide bonds. The van der Waals surface area contributed by atoms with Gasteiger partial charge in [0.15, 0.2) is 0 Å². The minimum atomic E-state index is -0.521.